The van der Waals surface area contributed by atoms with Gasteiger partial charge in [0.2, 0.25) is 5.91 Å². The van der Waals surface area contributed by atoms with Crippen molar-refractivity contribution in [3.8, 4) is 0 Å². The first kappa shape index (κ1) is 29.3. The number of hydrogen-bond donors (Lipinski definition) is 2. The van der Waals surface area contributed by atoms with Gasteiger partial charge in [-0.15, -0.1) is 0 Å². The summed E-state index contributed by atoms with van der Waals surface area (Å²) in [6, 6.07) is 7.04. The maximum Gasteiger partial charge on any atom is 0.305 e. The number of aliphatic carboxylic acids is 2. The molecule has 0 spiro atoms. The van der Waals surface area contributed by atoms with Crippen LogP contribution < -0.4 is 0 Å². The van der Waals surface area contributed by atoms with Crippen LogP contribution in [0.15, 0.2) is 24.3 Å². The lowest BCUT2D eigenvalue weighted by molar-refractivity contribution is -0.139. The average molecular weight is 476 g/mol. The summed E-state index contributed by atoms with van der Waals surface area (Å²) < 4.78 is 0. The SMILES string of the molecule is O=Cc1cccc(CN(CCC(=O)O)C(=O)CCCCCCCCCCCCCCC(=O)O)c1. The smallest absolute Gasteiger partial charge is 0.305 e. The number of rotatable bonds is 21. The number of amides is 1. The van der Waals surface area contributed by atoms with Gasteiger partial charge in [-0.05, 0) is 24.5 Å². The molecule has 0 saturated heterocycles. The molecular weight excluding hydrogens is 434 g/mol. The molecule has 0 aromatic heterocycles. The maximum absolute atomic E-state index is 12.7. The molecule has 1 amide bonds. The van der Waals surface area contributed by atoms with Crippen LogP contribution in [-0.4, -0.2) is 45.8 Å². The first-order valence-electron chi connectivity index (χ1n) is 12.7. The van der Waals surface area contributed by atoms with Gasteiger partial charge in [0.15, 0.2) is 0 Å². The predicted molar refractivity (Wildman–Crippen MR) is 132 cm³/mol. The zero-order valence-corrected chi connectivity index (χ0v) is 20.4. The van der Waals surface area contributed by atoms with E-state index in [1.165, 1.54) is 32.1 Å². The lowest BCUT2D eigenvalue weighted by atomic mass is 10.0. The van der Waals surface area contributed by atoms with Gasteiger partial charge in [-0.1, -0.05) is 82.4 Å². The van der Waals surface area contributed by atoms with Crippen LogP contribution >= 0.6 is 0 Å². The van der Waals surface area contributed by atoms with Gasteiger partial charge in [-0.25, -0.2) is 0 Å². The second-order valence-corrected chi connectivity index (χ2v) is 8.96. The fraction of sp³-hybridized carbons (Fsp3) is 0.630. The van der Waals surface area contributed by atoms with Gasteiger partial charge in [0, 0.05) is 31.5 Å². The number of carboxylic acids is 2. The Morgan fingerprint density at radius 1 is 0.706 bits per heavy atom. The highest BCUT2D eigenvalue weighted by molar-refractivity contribution is 5.77. The normalized spacial score (nSPS) is 10.7. The highest BCUT2D eigenvalue weighted by Crippen LogP contribution is 2.15. The summed E-state index contributed by atoms with van der Waals surface area (Å²) in [5.74, 6) is -1.68. The minimum absolute atomic E-state index is 0.0406. The second kappa shape index (κ2) is 18.7. The average Bonchev–Trinajstić information content (AvgIpc) is 2.81. The Bertz CT molecular complexity index is 748. The van der Waals surface area contributed by atoms with Crippen molar-refractivity contribution in [2.45, 2.75) is 103 Å². The fourth-order valence-electron chi connectivity index (χ4n) is 3.99. The number of carbonyl (C=O) groups excluding carboxylic acids is 2. The first-order chi connectivity index (χ1) is 16.4. The quantitative estimate of drug-likeness (QED) is 0.170. The Morgan fingerprint density at radius 2 is 1.21 bits per heavy atom. The standard InChI is InChI=1S/C27H41NO6/c29-22-24-15-13-14-23(20-24)21-28(19-18-27(33)34)25(30)16-11-9-7-5-3-1-2-4-6-8-10-12-17-26(31)32/h13-15,20,22H,1-12,16-19,21H2,(H,31,32)(H,33,34). The van der Waals surface area contributed by atoms with Gasteiger partial charge in [-0.3, -0.25) is 19.2 Å². The summed E-state index contributed by atoms with van der Waals surface area (Å²) in [5, 5.41) is 17.6. The fourth-order valence-corrected chi connectivity index (χ4v) is 3.99. The van der Waals surface area contributed by atoms with E-state index in [0.717, 1.165) is 56.8 Å². The maximum atomic E-state index is 12.7. The van der Waals surface area contributed by atoms with Gasteiger partial charge >= 0.3 is 11.9 Å². The van der Waals surface area contributed by atoms with Crippen molar-refractivity contribution in [2.24, 2.45) is 0 Å². The number of hydrogen-bond acceptors (Lipinski definition) is 4. The molecule has 0 unspecified atom stereocenters. The number of carbonyl (C=O) groups is 4. The van der Waals surface area contributed by atoms with Crippen LogP contribution in [0.25, 0.3) is 0 Å². The largest absolute Gasteiger partial charge is 0.481 e. The summed E-state index contributed by atoms with van der Waals surface area (Å²) in [5.41, 5.74) is 1.36. The third-order valence-electron chi connectivity index (χ3n) is 5.94. The number of benzene rings is 1. The highest BCUT2D eigenvalue weighted by atomic mass is 16.4. The molecular formula is C27H41NO6. The van der Waals surface area contributed by atoms with Crippen LogP contribution in [0.4, 0.5) is 0 Å². The van der Waals surface area contributed by atoms with E-state index in [-0.39, 0.29) is 25.3 Å². The summed E-state index contributed by atoms with van der Waals surface area (Å²) in [7, 11) is 0. The topological polar surface area (TPSA) is 112 Å². The monoisotopic (exact) mass is 475 g/mol. The van der Waals surface area contributed by atoms with Crippen molar-refractivity contribution in [1.29, 1.82) is 0 Å². The van der Waals surface area contributed by atoms with Crippen LogP contribution in [0.1, 0.15) is 112 Å². The molecule has 34 heavy (non-hydrogen) atoms. The lowest BCUT2D eigenvalue weighted by Gasteiger charge is -2.22. The first-order valence-corrected chi connectivity index (χ1v) is 12.7. The van der Waals surface area contributed by atoms with Crippen molar-refractivity contribution < 1.29 is 29.4 Å². The molecule has 1 aromatic rings. The third kappa shape index (κ3) is 15.2. The summed E-state index contributed by atoms with van der Waals surface area (Å²) in [6.45, 7) is 0.479. The van der Waals surface area contributed by atoms with Crippen molar-refractivity contribution in [3.05, 3.63) is 35.4 Å². The zero-order chi connectivity index (χ0) is 25.0. The Morgan fingerprint density at radius 3 is 1.71 bits per heavy atom. The Labute approximate surface area is 203 Å². The van der Waals surface area contributed by atoms with Crippen LogP contribution in [-0.2, 0) is 20.9 Å². The molecule has 0 aliphatic heterocycles. The Balaban J connectivity index is 2.16. The molecule has 190 valence electrons. The van der Waals surface area contributed by atoms with Crippen LogP contribution in [0.2, 0.25) is 0 Å². The zero-order valence-electron chi connectivity index (χ0n) is 20.4. The van der Waals surface area contributed by atoms with Crippen LogP contribution in [0.3, 0.4) is 0 Å². The van der Waals surface area contributed by atoms with Gasteiger partial charge < -0.3 is 15.1 Å². The molecule has 7 nitrogen and oxygen atoms in total. The molecule has 0 atom stereocenters. The minimum Gasteiger partial charge on any atom is -0.481 e. The van der Waals surface area contributed by atoms with E-state index in [9.17, 15) is 19.2 Å². The molecule has 0 heterocycles. The number of unbranched alkanes of at least 4 members (excludes halogenated alkanes) is 11. The second-order valence-electron chi connectivity index (χ2n) is 8.96. The third-order valence-corrected chi connectivity index (χ3v) is 5.94. The van der Waals surface area contributed by atoms with E-state index < -0.39 is 11.9 Å². The van der Waals surface area contributed by atoms with Crippen molar-refractivity contribution in [1.82, 2.24) is 4.90 Å². The van der Waals surface area contributed by atoms with Crippen LogP contribution in [0, 0.1) is 0 Å². The van der Waals surface area contributed by atoms with Gasteiger partial charge in [0.25, 0.3) is 0 Å². The molecule has 0 saturated carbocycles. The van der Waals surface area contributed by atoms with Gasteiger partial charge in [-0.2, -0.15) is 0 Å². The molecule has 1 rings (SSSR count). The van der Waals surface area contributed by atoms with E-state index in [2.05, 4.69) is 0 Å². The Kier molecular flexibility index (Phi) is 16.1. The molecule has 0 fully saturated rings. The van der Waals surface area contributed by atoms with Crippen molar-refractivity contribution in [3.63, 3.8) is 0 Å². The van der Waals surface area contributed by atoms with Crippen LogP contribution in [0.5, 0.6) is 0 Å². The molecule has 0 radical (unpaired) electrons. The lowest BCUT2D eigenvalue weighted by Crippen LogP contribution is -2.32. The van der Waals surface area contributed by atoms with E-state index >= 15 is 0 Å². The van der Waals surface area contributed by atoms with Crippen molar-refractivity contribution >= 4 is 24.1 Å². The van der Waals surface area contributed by atoms with E-state index in [1.807, 2.05) is 6.07 Å². The molecule has 1 aromatic carbocycles. The minimum atomic E-state index is -0.933. The van der Waals surface area contributed by atoms with Crippen molar-refractivity contribution in [2.75, 3.05) is 6.54 Å². The molecule has 0 bridgehead atoms. The Hall–Kier alpha value is -2.70. The highest BCUT2D eigenvalue weighted by Gasteiger charge is 2.15. The van der Waals surface area contributed by atoms with E-state index in [1.54, 1.807) is 23.1 Å². The van der Waals surface area contributed by atoms with E-state index in [4.69, 9.17) is 10.2 Å². The molecule has 0 aliphatic carbocycles. The summed E-state index contributed by atoms with van der Waals surface area (Å²) in [4.78, 5) is 46.7. The van der Waals surface area contributed by atoms with Gasteiger partial charge in [0.05, 0.1) is 6.42 Å². The van der Waals surface area contributed by atoms with Gasteiger partial charge in [0.1, 0.15) is 6.29 Å². The number of carboxylic acid groups (broad SMARTS) is 2. The summed E-state index contributed by atoms with van der Waals surface area (Å²) >= 11 is 0. The number of nitrogens with zero attached hydrogens (tertiary/aromatic N) is 1. The molecule has 0 aliphatic rings. The van der Waals surface area contributed by atoms with E-state index in [0.29, 0.717) is 18.5 Å². The number of aldehydes is 1. The molecule has 7 heteroatoms. The predicted octanol–water partition coefficient (Wildman–Crippen LogP) is 5.85. The summed E-state index contributed by atoms with van der Waals surface area (Å²) in [6.07, 6.45) is 14.3. The molecule has 2 N–H and O–H groups in total.